The summed E-state index contributed by atoms with van der Waals surface area (Å²) in [5.74, 6) is 0.689. The van der Waals surface area contributed by atoms with Crippen LogP contribution in [0.25, 0.3) is 5.69 Å². The number of ether oxygens (including phenoxy) is 1. The fourth-order valence-corrected chi connectivity index (χ4v) is 3.61. The molecule has 3 aromatic rings. The number of halogens is 1. The van der Waals surface area contributed by atoms with Crippen molar-refractivity contribution >= 4 is 21.8 Å². The molecule has 0 unspecified atom stereocenters. The molecule has 6 heteroatoms. The molecule has 27 heavy (non-hydrogen) atoms. The molecule has 1 aliphatic rings. The van der Waals surface area contributed by atoms with Crippen LogP contribution in [0.1, 0.15) is 23.2 Å². The Morgan fingerprint density at radius 1 is 1.04 bits per heavy atom. The fraction of sp³-hybridized carbons (Fsp3) is 0.238. The van der Waals surface area contributed by atoms with Crippen molar-refractivity contribution in [1.29, 1.82) is 0 Å². The maximum absolute atomic E-state index is 12.8. The van der Waals surface area contributed by atoms with E-state index in [1.54, 1.807) is 6.20 Å². The molecule has 138 valence electrons. The first-order valence-corrected chi connectivity index (χ1v) is 9.80. The highest BCUT2D eigenvalue weighted by molar-refractivity contribution is 9.10. The smallest absolute Gasteiger partial charge is 0.253 e. The van der Waals surface area contributed by atoms with Gasteiger partial charge in [-0.2, -0.15) is 0 Å². The van der Waals surface area contributed by atoms with E-state index in [1.807, 2.05) is 70.4 Å². The summed E-state index contributed by atoms with van der Waals surface area (Å²) in [6, 6.07) is 15.5. The van der Waals surface area contributed by atoms with Gasteiger partial charge in [-0.25, -0.2) is 4.98 Å². The van der Waals surface area contributed by atoms with Gasteiger partial charge in [0.2, 0.25) is 5.88 Å². The molecule has 0 saturated carbocycles. The number of hydrogen-bond donors (Lipinski definition) is 0. The van der Waals surface area contributed by atoms with Crippen LogP contribution in [0.5, 0.6) is 5.88 Å². The molecule has 5 nitrogen and oxygen atoms in total. The molecule has 3 heterocycles. The second-order valence-corrected chi connectivity index (χ2v) is 7.39. The summed E-state index contributed by atoms with van der Waals surface area (Å²) in [6.07, 6.45) is 7.38. The van der Waals surface area contributed by atoms with Crippen LogP contribution in [0.15, 0.2) is 71.6 Å². The van der Waals surface area contributed by atoms with E-state index in [4.69, 9.17) is 4.74 Å². The average molecular weight is 426 g/mol. The molecule has 0 bridgehead atoms. The van der Waals surface area contributed by atoms with Crippen LogP contribution in [-0.4, -0.2) is 39.6 Å². The van der Waals surface area contributed by atoms with Crippen molar-refractivity contribution in [3.05, 3.63) is 77.2 Å². The number of amides is 1. The number of carbonyl (C=O) groups excluding carboxylic acids is 1. The van der Waals surface area contributed by atoms with Gasteiger partial charge >= 0.3 is 0 Å². The summed E-state index contributed by atoms with van der Waals surface area (Å²) >= 11 is 3.46. The van der Waals surface area contributed by atoms with E-state index in [1.165, 1.54) is 0 Å². The number of likely N-dealkylation sites (tertiary alicyclic amines) is 1. The van der Waals surface area contributed by atoms with E-state index >= 15 is 0 Å². The summed E-state index contributed by atoms with van der Waals surface area (Å²) in [7, 11) is 0. The highest BCUT2D eigenvalue weighted by Gasteiger charge is 2.25. The predicted octanol–water partition coefficient (Wildman–Crippen LogP) is 4.32. The number of rotatable bonds is 4. The van der Waals surface area contributed by atoms with Gasteiger partial charge in [-0.1, -0.05) is 0 Å². The zero-order chi connectivity index (χ0) is 18.6. The van der Waals surface area contributed by atoms with Crippen molar-refractivity contribution in [2.24, 2.45) is 0 Å². The fourth-order valence-electron chi connectivity index (χ4n) is 3.26. The molecule has 0 spiro atoms. The Morgan fingerprint density at radius 3 is 2.41 bits per heavy atom. The quantitative estimate of drug-likeness (QED) is 0.625. The van der Waals surface area contributed by atoms with Gasteiger partial charge in [-0.05, 0) is 64.5 Å². The van der Waals surface area contributed by atoms with Gasteiger partial charge in [0.15, 0.2) is 0 Å². The lowest BCUT2D eigenvalue weighted by Gasteiger charge is -2.32. The van der Waals surface area contributed by atoms with Crippen molar-refractivity contribution in [2.75, 3.05) is 13.1 Å². The molecule has 1 fully saturated rings. The van der Waals surface area contributed by atoms with Crippen molar-refractivity contribution in [1.82, 2.24) is 14.5 Å². The standard InChI is InChI=1S/C21H20BrN3O2/c22-19-4-3-11-23-20(19)27-18-9-14-25(15-10-18)21(26)16-5-7-17(8-6-16)24-12-1-2-13-24/h1-8,11-13,18H,9-10,14-15H2. The van der Waals surface area contributed by atoms with Gasteiger partial charge in [0, 0.05) is 55.8 Å². The highest BCUT2D eigenvalue weighted by Crippen LogP contribution is 2.25. The van der Waals surface area contributed by atoms with Crippen molar-refractivity contribution in [3.8, 4) is 11.6 Å². The van der Waals surface area contributed by atoms with E-state index in [2.05, 4.69) is 20.9 Å². The number of benzene rings is 1. The molecule has 0 atom stereocenters. The first-order chi connectivity index (χ1) is 13.2. The van der Waals surface area contributed by atoms with Crippen LogP contribution < -0.4 is 4.74 Å². The van der Waals surface area contributed by atoms with Gasteiger partial charge in [0.05, 0.1) is 4.47 Å². The summed E-state index contributed by atoms with van der Waals surface area (Å²) < 4.78 is 8.85. The number of hydrogen-bond acceptors (Lipinski definition) is 3. The van der Waals surface area contributed by atoms with E-state index in [0.717, 1.165) is 28.6 Å². The lowest BCUT2D eigenvalue weighted by Crippen LogP contribution is -2.41. The molecular formula is C21H20BrN3O2. The minimum atomic E-state index is 0.0755. The van der Waals surface area contributed by atoms with Gasteiger partial charge in [0.1, 0.15) is 6.10 Å². The molecule has 0 N–H and O–H groups in total. The molecule has 2 aromatic heterocycles. The number of pyridine rings is 1. The van der Waals surface area contributed by atoms with E-state index in [9.17, 15) is 4.79 Å². The summed E-state index contributed by atoms with van der Waals surface area (Å²) in [5.41, 5.74) is 1.77. The number of piperidine rings is 1. The van der Waals surface area contributed by atoms with E-state index in [-0.39, 0.29) is 12.0 Å². The van der Waals surface area contributed by atoms with Gasteiger partial charge in [-0.3, -0.25) is 4.79 Å². The molecule has 1 saturated heterocycles. The van der Waals surface area contributed by atoms with E-state index < -0.39 is 0 Å². The SMILES string of the molecule is O=C(c1ccc(-n2cccc2)cc1)N1CCC(Oc2ncccc2Br)CC1. The second-order valence-electron chi connectivity index (χ2n) is 6.54. The van der Waals surface area contributed by atoms with Crippen LogP contribution in [0, 0.1) is 0 Å². The number of aromatic nitrogens is 2. The Bertz CT molecular complexity index is 901. The first-order valence-electron chi connectivity index (χ1n) is 9.00. The third-order valence-electron chi connectivity index (χ3n) is 4.75. The molecule has 4 rings (SSSR count). The molecule has 1 aliphatic heterocycles. The average Bonchev–Trinajstić information content (AvgIpc) is 3.25. The maximum atomic E-state index is 12.8. The summed E-state index contributed by atoms with van der Waals surface area (Å²) in [5, 5.41) is 0. The van der Waals surface area contributed by atoms with Crippen molar-refractivity contribution in [2.45, 2.75) is 18.9 Å². The van der Waals surface area contributed by atoms with Crippen molar-refractivity contribution in [3.63, 3.8) is 0 Å². The minimum Gasteiger partial charge on any atom is -0.473 e. The summed E-state index contributed by atoms with van der Waals surface area (Å²) in [6.45, 7) is 1.38. The Kier molecular flexibility index (Phi) is 5.25. The van der Waals surface area contributed by atoms with Gasteiger partial charge < -0.3 is 14.2 Å². The van der Waals surface area contributed by atoms with Gasteiger partial charge in [-0.15, -0.1) is 0 Å². The number of carbonyl (C=O) groups is 1. The normalized spacial score (nSPS) is 14.9. The molecule has 1 aromatic carbocycles. The monoisotopic (exact) mass is 425 g/mol. The molecular weight excluding hydrogens is 406 g/mol. The predicted molar refractivity (Wildman–Crippen MR) is 107 cm³/mol. The van der Waals surface area contributed by atoms with E-state index in [0.29, 0.717) is 19.0 Å². The number of nitrogens with zero attached hydrogens (tertiary/aromatic N) is 3. The second kappa shape index (κ2) is 7.96. The molecule has 0 radical (unpaired) electrons. The third-order valence-corrected chi connectivity index (χ3v) is 5.35. The zero-order valence-electron chi connectivity index (χ0n) is 14.8. The Balaban J connectivity index is 1.35. The zero-order valence-corrected chi connectivity index (χ0v) is 16.4. The Hall–Kier alpha value is -2.60. The van der Waals surface area contributed by atoms with Crippen LogP contribution >= 0.6 is 15.9 Å². The maximum Gasteiger partial charge on any atom is 0.253 e. The Labute approximate surface area is 166 Å². The van der Waals surface area contributed by atoms with Crippen LogP contribution in [0.2, 0.25) is 0 Å². The molecule has 0 aliphatic carbocycles. The topological polar surface area (TPSA) is 47.4 Å². The van der Waals surface area contributed by atoms with Gasteiger partial charge in [0.25, 0.3) is 5.91 Å². The highest BCUT2D eigenvalue weighted by atomic mass is 79.9. The van der Waals surface area contributed by atoms with Crippen molar-refractivity contribution < 1.29 is 9.53 Å². The van der Waals surface area contributed by atoms with Crippen LogP contribution in [0.3, 0.4) is 0 Å². The lowest BCUT2D eigenvalue weighted by molar-refractivity contribution is 0.0586. The minimum absolute atomic E-state index is 0.0755. The Morgan fingerprint density at radius 2 is 1.74 bits per heavy atom. The largest absolute Gasteiger partial charge is 0.473 e. The lowest BCUT2D eigenvalue weighted by atomic mass is 10.1. The third kappa shape index (κ3) is 4.06. The van der Waals surface area contributed by atoms with Crippen LogP contribution in [0.4, 0.5) is 0 Å². The van der Waals surface area contributed by atoms with Crippen LogP contribution in [-0.2, 0) is 0 Å². The molecule has 1 amide bonds. The first kappa shape index (κ1) is 17.8. The summed E-state index contributed by atoms with van der Waals surface area (Å²) in [4.78, 5) is 18.9.